The molecule has 1 aromatic carbocycles. The second-order valence-electron chi connectivity index (χ2n) is 4.26. The van der Waals surface area contributed by atoms with Crippen molar-refractivity contribution in [3.05, 3.63) is 46.9 Å². The van der Waals surface area contributed by atoms with Gasteiger partial charge in [-0.1, -0.05) is 18.2 Å². The third-order valence-corrected chi connectivity index (χ3v) is 3.46. The van der Waals surface area contributed by atoms with Gasteiger partial charge in [-0.3, -0.25) is 0 Å². The molecule has 2 rings (SSSR count). The van der Waals surface area contributed by atoms with E-state index in [0.29, 0.717) is 17.1 Å². The van der Waals surface area contributed by atoms with Crippen molar-refractivity contribution < 1.29 is 8.42 Å². The van der Waals surface area contributed by atoms with Crippen LogP contribution < -0.4 is 10.5 Å². The zero-order valence-corrected chi connectivity index (χ0v) is 12.2. The van der Waals surface area contributed by atoms with Crippen molar-refractivity contribution in [2.24, 2.45) is 5.14 Å². The van der Waals surface area contributed by atoms with Gasteiger partial charge in [0, 0.05) is 17.4 Å². The lowest BCUT2D eigenvalue weighted by Gasteiger charge is -2.12. The van der Waals surface area contributed by atoms with E-state index in [1.54, 1.807) is 30.5 Å². The number of halogens is 1. The number of nitrogens with one attached hydrogen (secondary N) is 1. The van der Waals surface area contributed by atoms with Gasteiger partial charge in [0.1, 0.15) is 5.82 Å². The molecule has 1 heterocycles. The standard InChI is InChI=1S/C12H13ClN4O2S/c1-8-6-15-12(13)17-11(8)16-10-5-3-2-4-9(10)7-20(14,18)19/h2-6H,7H2,1H3,(H2,14,18,19)(H,15,16,17). The Bertz CT molecular complexity index is 734. The van der Waals surface area contributed by atoms with E-state index in [0.717, 1.165) is 5.56 Å². The van der Waals surface area contributed by atoms with Gasteiger partial charge in [-0.2, -0.15) is 0 Å². The summed E-state index contributed by atoms with van der Waals surface area (Å²) in [6.07, 6.45) is 1.58. The van der Waals surface area contributed by atoms with Crippen LogP contribution in [0.1, 0.15) is 11.1 Å². The molecule has 0 bridgehead atoms. The Labute approximate surface area is 122 Å². The van der Waals surface area contributed by atoms with Crippen molar-refractivity contribution in [2.75, 3.05) is 5.32 Å². The minimum atomic E-state index is -3.61. The van der Waals surface area contributed by atoms with E-state index in [1.165, 1.54) is 0 Å². The molecule has 0 spiro atoms. The van der Waals surface area contributed by atoms with E-state index in [9.17, 15) is 8.42 Å². The number of nitrogens with zero attached hydrogens (tertiary/aromatic N) is 2. The van der Waals surface area contributed by atoms with Gasteiger partial charge in [0.25, 0.3) is 0 Å². The fourth-order valence-corrected chi connectivity index (χ4v) is 2.48. The Kier molecular flexibility index (Phi) is 4.22. The highest BCUT2D eigenvalue weighted by Crippen LogP contribution is 2.23. The minimum absolute atomic E-state index is 0.113. The molecule has 8 heteroatoms. The number of aryl methyl sites for hydroxylation is 1. The molecule has 3 N–H and O–H groups in total. The Balaban J connectivity index is 2.36. The zero-order chi connectivity index (χ0) is 14.8. The van der Waals surface area contributed by atoms with Crippen molar-refractivity contribution in [2.45, 2.75) is 12.7 Å². The van der Waals surface area contributed by atoms with Crippen LogP contribution in [0, 0.1) is 6.92 Å². The number of para-hydroxylation sites is 1. The lowest BCUT2D eigenvalue weighted by Crippen LogP contribution is -2.15. The number of benzene rings is 1. The first kappa shape index (κ1) is 14.7. The first-order valence-electron chi connectivity index (χ1n) is 5.70. The summed E-state index contributed by atoms with van der Waals surface area (Å²) in [6, 6.07) is 6.96. The molecule has 20 heavy (non-hydrogen) atoms. The summed E-state index contributed by atoms with van der Waals surface area (Å²) < 4.78 is 22.5. The van der Waals surface area contributed by atoms with Gasteiger partial charge in [0.2, 0.25) is 15.3 Å². The molecule has 0 unspecified atom stereocenters. The molecule has 0 aliphatic heterocycles. The van der Waals surface area contributed by atoms with Crippen LogP contribution in [0.25, 0.3) is 0 Å². The van der Waals surface area contributed by atoms with Crippen molar-refractivity contribution in [1.82, 2.24) is 9.97 Å². The van der Waals surface area contributed by atoms with E-state index >= 15 is 0 Å². The molecule has 0 aliphatic rings. The molecule has 2 aromatic rings. The van der Waals surface area contributed by atoms with Crippen molar-refractivity contribution in [1.29, 1.82) is 0 Å². The van der Waals surface area contributed by atoms with Crippen LogP contribution in [0.4, 0.5) is 11.5 Å². The van der Waals surface area contributed by atoms with Crippen LogP contribution >= 0.6 is 11.6 Å². The molecule has 0 amide bonds. The van der Waals surface area contributed by atoms with Gasteiger partial charge >= 0.3 is 0 Å². The summed E-state index contributed by atoms with van der Waals surface area (Å²) >= 11 is 5.75. The fraction of sp³-hybridized carbons (Fsp3) is 0.167. The van der Waals surface area contributed by atoms with Crippen molar-refractivity contribution in [3.63, 3.8) is 0 Å². The average molecular weight is 313 g/mol. The molecule has 0 saturated carbocycles. The topological polar surface area (TPSA) is 98.0 Å². The number of anilines is 2. The van der Waals surface area contributed by atoms with Gasteiger partial charge in [-0.05, 0) is 30.2 Å². The fourth-order valence-electron chi connectivity index (χ4n) is 1.66. The number of nitrogens with two attached hydrogens (primary N) is 1. The summed E-state index contributed by atoms with van der Waals surface area (Å²) in [6.45, 7) is 1.82. The van der Waals surface area contributed by atoms with Crippen molar-refractivity contribution >= 4 is 33.1 Å². The van der Waals surface area contributed by atoms with E-state index in [1.807, 2.05) is 6.92 Å². The largest absolute Gasteiger partial charge is 0.340 e. The maximum Gasteiger partial charge on any atom is 0.224 e. The molecule has 0 saturated heterocycles. The Morgan fingerprint density at radius 3 is 2.75 bits per heavy atom. The van der Waals surface area contributed by atoms with E-state index < -0.39 is 10.0 Å². The highest BCUT2D eigenvalue weighted by molar-refractivity contribution is 7.88. The number of primary sulfonamides is 1. The number of sulfonamides is 1. The quantitative estimate of drug-likeness (QED) is 0.841. The maximum atomic E-state index is 11.2. The maximum absolute atomic E-state index is 11.2. The Morgan fingerprint density at radius 1 is 1.35 bits per heavy atom. The summed E-state index contributed by atoms with van der Waals surface area (Å²) in [5.41, 5.74) is 1.96. The molecule has 106 valence electrons. The first-order valence-corrected chi connectivity index (χ1v) is 7.79. The predicted molar refractivity (Wildman–Crippen MR) is 78.3 cm³/mol. The molecule has 6 nitrogen and oxygen atoms in total. The van der Waals surface area contributed by atoms with Gasteiger partial charge < -0.3 is 5.32 Å². The number of hydrogen-bond donors (Lipinski definition) is 2. The van der Waals surface area contributed by atoms with Crippen LogP contribution in [-0.2, 0) is 15.8 Å². The minimum Gasteiger partial charge on any atom is -0.340 e. The number of aromatic nitrogens is 2. The molecule has 0 fully saturated rings. The third-order valence-electron chi connectivity index (χ3n) is 2.57. The van der Waals surface area contributed by atoms with Crippen LogP contribution in [-0.4, -0.2) is 18.4 Å². The lowest BCUT2D eigenvalue weighted by atomic mass is 10.2. The van der Waals surface area contributed by atoms with Gasteiger partial charge in [-0.15, -0.1) is 0 Å². The smallest absolute Gasteiger partial charge is 0.224 e. The average Bonchev–Trinajstić information content (AvgIpc) is 2.34. The predicted octanol–water partition coefficient (Wildman–Crippen LogP) is 1.97. The van der Waals surface area contributed by atoms with Gasteiger partial charge in [0.15, 0.2) is 0 Å². The number of hydrogen-bond acceptors (Lipinski definition) is 5. The van der Waals surface area contributed by atoms with Crippen LogP contribution in [0.5, 0.6) is 0 Å². The summed E-state index contributed by atoms with van der Waals surface area (Å²) in [4.78, 5) is 7.93. The van der Waals surface area contributed by atoms with E-state index in [2.05, 4.69) is 15.3 Å². The lowest BCUT2D eigenvalue weighted by molar-refractivity contribution is 0.597. The number of rotatable bonds is 4. The molecular formula is C12H13ClN4O2S. The Morgan fingerprint density at radius 2 is 2.05 bits per heavy atom. The van der Waals surface area contributed by atoms with Crippen LogP contribution in [0.2, 0.25) is 5.28 Å². The Hall–Kier alpha value is -1.70. The molecule has 1 aromatic heterocycles. The summed E-state index contributed by atoms with van der Waals surface area (Å²) in [7, 11) is -3.61. The van der Waals surface area contributed by atoms with E-state index in [-0.39, 0.29) is 11.0 Å². The molecule has 0 atom stereocenters. The second-order valence-corrected chi connectivity index (χ2v) is 6.21. The van der Waals surface area contributed by atoms with Crippen LogP contribution in [0.15, 0.2) is 30.5 Å². The van der Waals surface area contributed by atoms with Crippen LogP contribution in [0.3, 0.4) is 0 Å². The second kappa shape index (κ2) is 5.74. The summed E-state index contributed by atoms with van der Waals surface area (Å²) in [5.74, 6) is 0.264. The zero-order valence-electron chi connectivity index (χ0n) is 10.7. The molecule has 0 aliphatic carbocycles. The van der Waals surface area contributed by atoms with Crippen molar-refractivity contribution in [3.8, 4) is 0 Å². The monoisotopic (exact) mass is 312 g/mol. The molecule has 0 radical (unpaired) electrons. The van der Waals surface area contributed by atoms with Gasteiger partial charge in [-0.25, -0.2) is 23.5 Å². The highest BCUT2D eigenvalue weighted by Gasteiger charge is 2.11. The third kappa shape index (κ3) is 3.89. The molecular weight excluding hydrogens is 300 g/mol. The summed E-state index contributed by atoms with van der Waals surface area (Å²) in [5, 5.41) is 8.24. The highest BCUT2D eigenvalue weighted by atomic mass is 35.5. The van der Waals surface area contributed by atoms with E-state index in [4.69, 9.17) is 16.7 Å². The SMILES string of the molecule is Cc1cnc(Cl)nc1Nc1ccccc1CS(N)(=O)=O. The normalized spacial score (nSPS) is 11.3. The first-order chi connectivity index (χ1) is 9.35. The van der Waals surface area contributed by atoms with Gasteiger partial charge in [0.05, 0.1) is 5.75 Å².